The quantitative estimate of drug-likeness (QED) is 0.521. The summed E-state index contributed by atoms with van der Waals surface area (Å²) in [7, 11) is 0. The molecule has 0 saturated heterocycles. The molecule has 2 amide bonds. The fraction of sp³-hybridized carbons (Fsp3) is 0.583. The largest absolute Gasteiger partial charge is 0.333 e. The smallest absolute Gasteiger partial charge is 0.330 e. The molecule has 1 aliphatic rings. The van der Waals surface area contributed by atoms with Crippen LogP contribution in [0.3, 0.4) is 0 Å². The van der Waals surface area contributed by atoms with E-state index >= 15 is 0 Å². The third-order valence-corrected chi connectivity index (χ3v) is 2.37. The maximum Gasteiger partial charge on any atom is 0.333 e. The summed E-state index contributed by atoms with van der Waals surface area (Å²) < 4.78 is 0. The molecule has 0 fully saturated rings. The number of imide groups is 1. The van der Waals surface area contributed by atoms with Gasteiger partial charge in [-0.3, -0.25) is 9.59 Å². The van der Waals surface area contributed by atoms with E-state index in [1.165, 1.54) is 0 Å². The van der Waals surface area contributed by atoms with Crippen molar-refractivity contribution >= 4 is 17.8 Å². The van der Waals surface area contributed by atoms with Gasteiger partial charge < -0.3 is 4.84 Å². The Morgan fingerprint density at radius 2 is 1.82 bits per heavy atom. The molecule has 1 heterocycles. The van der Waals surface area contributed by atoms with Gasteiger partial charge in [0.2, 0.25) is 0 Å². The second kappa shape index (κ2) is 6.18. The Bertz CT molecular complexity index is 328. The summed E-state index contributed by atoms with van der Waals surface area (Å²) in [4.78, 5) is 38.2. The normalized spacial score (nSPS) is 14.9. The molecule has 0 atom stereocenters. The number of carbonyl (C=O) groups excluding carboxylic acids is 3. The molecule has 0 aromatic rings. The number of carbonyl (C=O) groups is 3. The van der Waals surface area contributed by atoms with Gasteiger partial charge in [0.15, 0.2) is 0 Å². The van der Waals surface area contributed by atoms with Crippen LogP contribution in [0.4, 0.5) is 0 Å². The fourth-order valence-corrected chi connectivity index (χ4v) is 1.45. The van der Waals surface area contributed by atoms with Gasteiger partial charge in [0.1, 0.15) is 0 Å². The highest BCUT2D eigenvalue weighted by atomic mass is 16.7. The Balaban J connectivity index is 2.21. The minimum Gasteiger partial charge on any atom is -0.330 e. The van der Waals surface area contributed by atoms with Crippen molar-refractivity contribution in [3.05, 3.63) is 12.2 Å². The molecule has 0 aromatic carbocycles. The highest BCUT2D eigenvalue weighted by molar-refractivity contribution is 6.12. The van der Waals surface area contributed by atoms with E-state index in [1.807, 2.05) is 0 Å². The van der Waals surface area contributed by atoms with Gasteiger partial charge >= 0.3 is 5.97 Å². The molecule has 0 radical (unpaired) electrons. The zero-order chi connectivity index (χ0) is 12.8. The minimum absolute atomic E-state index is 0.226. The van der Waals surface area contributed by atoms with Crippen molar-refractivity contribution in [3.63, 3.8) is 0 Å². The molecular formula is C12H17NO4. The first-order chi connectivity index (χ1) is 8.00. The van der Waals surface area contributed by atoms with Crippen LogP contribution >= 0.6 is 0 Å². The van der Waals surface area contributed by atoms with Crippen molar-refractivity contribution in [1.29, 1.82) is 0 Å². The van der Waals surface area contributed by atoms with E-state index in [4.69, 9.17) is 0 Å². The third-order valence-electron chi connectivity index (χ3n) is 2.37. The molecule has 0 aromatic heterocycles. The summed E-state index contributed by atoms with van der Waals surface area (Å²) in [6, 6.07) is 0. The number of rotatable bonds is 6. The lowest BCUT2D eigenvalue weighted by molar-refractivity contribution is -0.196. The van der Waals surface area contributed by atoms with Gasteiger partial charge in [-0.05, 0) is 12.3 Å². The highest BCUT2D eigenvalue weighted by Crippen LogP contribution is 2.10. The number of hydroxylamine groups is 2. The molecule has 94 valence electrons. The standard InChI is InChI=1S/C12H17NO4/c1-9(2)5-3-4-6-12(16)17-13-10(14)7-8-11(13)15/h7-9H,3-6H2,1-2H3. The summed E-state index contributed by atoms with van der Waals surface area (Å²) in [5.74, 6) is -1.15. The van der Waals surface area contributed by atoms with Crippen LogP contribution in [0, 0.1) is 5.92 Å². The molecule has 1 aliphatic heterocycles. The topological polar surface area (TPSA) is 63.7 Å². The molecule has 0 aliphatic carbocycles. The molecule has 0 spiro atoms. The van der Waals surface area contributed by atoms with Gasteiger partial charge in [-0.2, -0.15) is 0 Å². The lowest BCUT2D eigenvalue weighted by Crippen LogP contribution is -2.32. The van der Waals surface area contributed by atoms with Crippen molar-refractivity contribution in [2.75, 3.05) is 0 Å². The van der Waals surface area contributed by atoms with Crippen LogP contribution in [0.1, 0.15) is 39.5 Å². The van der Waals surface area contributed by atoms with Crippen LogP contribution in [0.2, 0.25) is 0 Å². The Morgan fingerprint density at radius 3 is 2.35 bits per heavy atom. The van der Waals surface area contributed by atoms with Crippen molar-refractivity contribution in [3.8, 4) is 0 Å². The van der Waals surface area contributed by atoms with Gasteiger partial charge in [-0.25, -0.2) is 4.79 Å². The SMILES string of the molecule is CC(C)CCCCC(=O)ON1C(=O)C=CC1=O. The van der Waals surface area contributed by atoms with Crippen LogP contribution in [0.15, 0.2) is 12.2 Å². The van der Waals surface area contributed by atoms with E-state index in [2.05, 4.69) is 18.7 Å². The average Bonchev–Trinajstić information content (AvgIpc) is 2.56. The summed E-state index contributed by atoms with van der Waals surface area (Å²) in [6.07, 6.45) is 5.08. The first-order valence-electron chi connectivity index (χ1n) is 5.77. The molecule has 0 bridgehead atoms. The Hall–Kier alpha value is -1.65. The van der Waals surface area contributed by atoms with Gasteiger partial charge in [0, 0.05) is 18.6 Å². The van der Waals surface area contributed by atoms with Crippen LogP contribution in [0.25, 0.3) is 0 Å². The number of nitrogens with zero attached hydrogens (tertiary/aromatic N) is 1. The second-order valence-electron chi connectivity index (χ2n) is 4.41. The van der Waals surface area contributed by atoms with Crippen molar-refractivity contribution in [2.24, 2.45) is 5.92 Å². The maximum absolute atomic E-state index is 11.3. The van der Waals surface area contributed by atoms with Crippen LogP contribution in [-0.4, -0.2) is 22.8 Å². The maximum atomic E-state index is 11.3. The van der Waals surface area contributed by atoms with Gasteiger partial charge in [-0.1, -0.05) is 31.8 Å². The molecular weight excluding hydrogens is 222 g/mol. The van der Waals surface area contributed by atoms with E-state index in [9.17, 15) is 14.4 Å². The van der Waals surface area contributed by atoms with E-state index in [0.29, 0.717) is 17.4 Å². The zero-order valence-electron chi connectivity index (χ0n) is 10.1. The predicted molar refractivity (Wildman–Crippen MR) is 60.4 cm³/mol. The molecule has 0 N–H and O–H groups in total. The second-order valence-corrected chi connectivity index (χ2v) is 4.41. The van der Waals surface area contributed by atoms with Crippen molar-refractivity contribution in [2.45, 2.75) is 39.5 Å². The monoisotopic (exact) mass is 239 g/mol. The van der Waals surface area contributed by atoms with Gasteiger partial charge in [-0.15, -0.1) is 0 Å². The van der Waals surface area contributed by atoms with E-state index in [0.717, 1.165) is 25.0 Å². The molecule has 5 nitrogen and oxygen atoms in total. The third kappa shape index (κ3) is 4.38. The highest BCUT2D eigenvalue weighted by Gasteiger charge is 2.27. The van der Waals surface area contributed by atoms with Crippen LogP contribution < -0.4 is 0 Å². The Morgan fingerprint density at radius 1 is 1.24 bits per heavy atom. The number of hydrogen-bond acceptors (Lipinski definition) is 4. The predicted octanol–water partition coefficient (Wildman–Crippen LogP) is 1.59. The molecule has 0 saturated carbocycles. The van der Waals surface area contributed by atoms with Crippen LogP contribution in [0.5, 0.6) is 0 Å². The number of hydrogen-bond donors (Lipinski definition) is 0. The summed E-state index contributed by atoms with van der Waals surface area (Å²) in [6.45, 7) is 4.23. The molecule has 5 heteroatoms. The lowest BCUT2D eigenvalue weighted by Gasteiger charge is -2.12. The van der Waals surface area contributed by atoms with Crippen molar-refractivity contribution < 1.29 is 19.2 Å². The Labute approximate surface area is 100 Å². The molecule has 17 heavy (non-hydrogen) atoms. The first kappa shape index (κ1) is 13.4. The average molecular weight is 239 g/mol. The fourth-order valence-electron chi connectivity index (χ4n) is 1.45. The van der Waals surface area contributed by atoms with E-state index in [-0.39, 0.29) is 6.42 Å². The van der Waals surface area contributed by atoms with Gasteiger partial charge in [0.25, 0.3) is 11.8 Å². The summed E-state index contributed by atoms with van der Waals surface area (Å²) >= 11 is 0. The number of unbranched alkanes of at least 4 members (excludes halogenated alkanes) is 1. The number of amides is 2. The van der Waals surface area contributed by atoms with E-state index < -0.39 is 17.8 Å². The summed E-state index contributed by atoms with van der Waals surface area (Å²) in [5.41, 5.74) is 0. The zero-order valence-corrected chi connectivity index (χ0v) is 10.1. The van der Waals surface area contributed by atoms with E-state index in [1.54, 1.807) is 0 Å². The molecule has 0 unspecified atom stereocenters. The molecule has 1 rings (SSSR count). The van der Waals surface area contributed by atoms with Crippen molar-refractivity contribution in [1.82, 2.24) is 5.06 Å². The first-order valence-corrected chi connectivity index (χ1v) is 5.77. The van der Waals surface area contributed by atoms with Crippen LogP contribution in [-0.2, 0) is 19.2 Å². The van der Waals surface area contributed by atoms with Gasteiger partial charge in [0.05, 0.1) is 0 Å². The lowest BCUT2D eigenvalue weighted by atomic mass is 10.1. The minimum atomic E-state index is -0.606. The Kier molecular flexibility index (Phi) is 4.87. The summed E-state index contributed by atoms with van der Waals surface area (Å²) in [5, 5.41) is 0.491.